The van der Waals surface area contributed by atoms with E-state index in [2.05, 4.69) is 9.88 Å². The molecule has 0 atom stereocenters. The lowest BCUT2D eigenvalue weighted by atomic mass is 10.0. The molecule has 4 rings (SSSR count). The van der Waals surface area contributed by atoms with E-state index in [1.807, 2.05) is 13.0 Å². The van der Waals surface area contributed by atoms with E-state index in [9.17, 15) is 13.2 Å². The average molecular weight is 420 g/mol. The van der Waals surface area contributed by atoms with Gasteiger partial charge in [-0.15, -0.1) is 11.3 Å². The molecule has 0 spiro atoms. The Bertz CT molecular complexity index is 1160. The molecule has 0 saturated heterocycles. The third-order valence-electron chi connectivity index (χ3n) is 4.22. The fraction of sp³-hybridized carbons (Fsp3) is 0.222. The average Bonchev–Trinajstić information content (AvgIpc) is 3.35. The number of carbonyl (C=O) groups excluding carboxylic acids is 1. The lowest BCUT2D eigenvalue weighted by Gasteiger charge is -2.08. The van der Waals surface area contributed by atoms with E-state index >= 15 is 0 Å². The van der Waals surface area contributed by atoms with Gasteiger partial charge in [-0.05, 0) is 48.6 Å². The second-order valence-corrected chi connectivity index (χ2v) is 8.85. The number of nitrogens with one attached hydrogen (secondary N) is 1. The standard InChI is InChI=1S/C18H16N2O6S2/c1-10-5-14-15(25-9-24-14)8-12(10)7-13(21)18-16(3-4-27-18)28(22,23)20-17-6-11(2)19-26-17/h3-6,8,20H,7,9H2,1-2H3. The Kier molecular flexibility index (Phi) is 4.60. The molecule has 146 valence electrons. The van der Waals surface area contributed by atoms with E-state index in [0.717, 1.165) is 22.5 Å². The van der Waals surface area contributed by atoms with Gasteiger partial charge in [0.25, 0.3) is 10.0 Å². The van der Waals surface area contributed by atoms with Gasteiger partial charge in [-0.1, -0.05) is 5.16 Å². The molecule has 1 aromatic carbocycles. The van der Waals surface area contributed by atoms with Crippen LogP contribution in [0, 0.1) is 13.8 Å². The van der Waals surface area contributed by atoms with Gasteiger partial charge in [-0.25, -0.2) is 13.1 Å². The van der Waals surface area contributed by atoms with Crippen molar-refractivity contribution in [3.8, 4) is 11.5 Å². The number of sulfonamides is 1. The van der Waals surface area contributed by atoms with Gasteiger partial charge in [0.15, 0.2) is 17.3 Å². The molecule has 1 N–H and O–H groups in total. The van der Waals surface area contributed by atoms with Crippen LogP contribution in [-0.4, -0.2) is 26.2 Å². The van der Waals surface area contributed by atoms with Crippen molar-refractivity contribution in [1.29, 1.82) is 0 Å². The predicted octanol–water partition coefficient (Wildman–Crippen LogP) is 3.31. The van der Waals surface area contributed by atoms with Gasteiger partial charge >= 0.3 is 0 Å². The van der Waals surface area contributed by atoms with Crippen molar-refractivity contribution in [1.82, 2.24) is 5.16 Å². The van der Waals surface area contributed by atoms with E-state index in [-0.39, 0.29) is 34.7 Å². The lowest BCUT2D eigenvalue weighted by molar-refractivity contribution is 0.0994. The smallest absolute Gasteiger partial charge is 0.265 e. The van der Waals surface area contributed by atoms with Gasteiger partial charge < -0.3 is 14.0 Å². The van der Waals surface area contributed by atoms with Gasteiger partial charge in [-0.2, -0.15) is 0 Å². The summed E-state index contributed by atoms with van der Waals surface area (Å²) in [6, 6.07) is 6.43. The zero-order chi connectivity index (χ0) is 19.9. The number of hydrogen-bond acceptors (Lipinski definition) is 8. The minimum Gasteiger partial charge on any atom is -0.454 e. The zero-order valence-corrected chi connectivity index (χ0v) is 16.6. The highest BCUT2D eigenvalue weighted by Gasteiger charge is 2.26. The van der Waals surface area contributed by atoms with Crippen molar-refractivity contribution in [3.63, 3.8) is 0 Å². The Hall–Kier alpha value is -2.85. The molecule has 0 fully saturated rings. The number of thiophene rings is 1. The summed E-state index contributed by atoms with van der Waals surface area (Å²) in [5.74, 6) is 0.911. The number of nitrogens with zero attached hydrogens (tertiary/aromatic N) is 1. The van der Waals surface area contributed by atoms with E-state index in [1.165, 1.54) is 12.1 Å². The summed E-state index contributed by atoms with van der Waals surface area (Å²) in [4.78, 5) is 12.9. The summed E-state index contributed by atoms with van der Waals surface area (Å²) >= 11 is 1.08. The normalized spacial score (nSPS) is 12.9. The van der Waals surface area contributed by atoms with Gasteiger partial charge in [0, 0.05) is 12.5 Å². The van der Waals surface area contributed by atoms with Crippen LogP contribution in [0.1, 0.15) is 26.5 Å². The summed E-state index contributed by atoms with van der Waals surface area (Å²) in [5.41, 5.74) is 2.16. The minimum atomic E-state index is -3.98. The van der Waals surface area contributed by atoms with Crippen molar-refractivity contribution >= 4 is 33.0 Å². The van der Waals surface area contributed by atoms with Crippen LogP contribution >= 0.6 is 11.3 Å². The van der Waals surface area contributed by atoms with Crippen LogP contribution in [0.15, 0.2) is 39.1 Å². The summed E-state index contributed by atoms with van der Waals surface area (Å²) in [5, 5.41) is 5.21. The van der Waals surface area contributed by atoms with Gasteiger partial charge in [-0.3, -0.25) is 4.79 Å². The van der Waals surface area contributed by atoms with Crippen LogP contribution in [0.2, 0.25) is 0 Å². The molecule has 0 radical (unpaired) electrons. The van der Waals surface area contributed by atoms with Gasteiger partial charge in [0.2, 0.25) is 12.7 Å². The van der Waals surface area contributed by atoms with E-state index < -0.39 is 10.0 Å². The second kappa shape index (κ2) is 6.95. The first-order chi connectivity index (χ1) is 13.3. The molecular weight excluding hydrogens is 404 g/mol. The predicted molar refractivity (Wildman–Crippen MR) is 102 cm³/mol. The fourth-order valence-corrected chi connectivity index (χ4v) is 5.20. The van der Waals surface area contributed by atoms with Crippen molar-refractivity contribution < 1.29 is 27.2 Å². The number of rotatable bonds is 6. The minimum absolute atomic E-state index is 0.00582. The van der Waals surface area contributed by atoms with Crippen LogP contribution in [0.25, 0.3) is 0 Å². The number of Topliss-reactive ketones (excluding diaryl/α,β-unsaturated/α-hetero) is 1. The van der Waals surface area contributed by atoms with E-state index in [4.69, 9.17) is 14.0 Å². The molecule has 1 aliphatic heterocycles. The first-order valence-corrected chi connectivity index (χ1v) is 10.7. The molecule has 1 aliphatic rings. The molecule has 28 heavy (non-hydrogen) atoms. The van der Waals surface area contributed by atoms with Crippen molar-refractivity contribution in [3.05, 3.63) is 51.3 Å². The molecule has 2 aromatic heterocycles. The van der Waals surface area contributed by atoms with E-state index in [1.54, 1.807) is 18.4 Å². The van der Waals surface area contributed by atoms with Crippen molar-refractivity contribution in [2.45, 2.75) is 25.2 Å². The van der Waals surface area contributed by atoms with Crippen LogP contribution < -0.4 is 14.2 Å². The number of hydrogen-bond donors (Lipinski definition) is 1. The molecule has 10 heteroatoms. The number of fused-ring (bicyclic) bond motifs is 1. The summed E-state index contributed by atoms with van der Waals surface area (Å²) in [6.07, 6.45) is 0.0485. The maximum Gasteiger partial charge on any atom is 0.265 e. The highest BCUT2D eigenvalue weighted by atomic mass is 32.2. The largest absolute Gasteiger partial charge is 0.454 e. The van der Waals surface area contributed by atoms with Crippen molar-refractivity contribution in [2.75, 3.05) is 11.5 Å². The first-order valence-electron chi connectivity index (χ1n) is 8.29. The molecule has 3 heterocycles. The Balaban J connectivity index is 1.59. The number of carbonyl (C=O) groups is 1. The van der Waals surface area contributed by atoms with Crippen molar-refractivity contribution in [2.24, 2.45) is 0 Å². The van der Waals surface area contributed by atoms with Gasteiger partial charge in [0.05, 0.1) is 10.6 Å². The topological polar surface area (TPSA) is 108 Å². The monoisotopic (exact) mass is 420 g/mol. The van der Waals surface area contributed by atoms with Crippen LogP contribution in [0.3, 0.4) is 0 Å². The highest BCUT2D eigenvalue weighted by Crippen LogP contribution is 2.35. The molecule has 0 amide bonds. The highest BCUT2D eigenvalue weighted by molar-refractivity contribution is 7.93. The molecule has 8 nitrogen and oxygen atoms in total. The molecule has 0 unspecified atom stereocenters. The van der Waals surface area contributed by atoms with Crippen LogP contribution in [0.5, 0.6) is 11.5 Å². The SMILES string of the molecule is Cc1cc(NS(=O)(=O)c2ccsc2C(=O)Cc2cc3c(cc2C)OCO3)on1. The molecule has 0 aliphatic carbocycles. The van der Waals surface area contributed by atoms with Gasteiger partial charge in [0.1, 0.15) is 4.90 Å². The molecule has 3 aromatic rings. The Labute approximate surface area is 165 Å². The fourth-order valence-electron chi connectivity index (χ4n) is 2.84. The molecule has 0 bridgehead atoms. The number of anilines is 1. The zero-order valence-electron chi connectivity index (χ0n) is 15.0. The third kappa shape index (κ3) is 3.48. The maximum absolute atomic E-state index is 12.9. The summed E-state index contributed by atoms with van der Waals surface area (Å²) in [6.45, 7) is 3.69. The number of aryl methyl sites for hydroxylation is 2. The number of benzene rings is 1. The third-order valence-corrected chi connectivity index (χ3v) is 6.69. The van der Waals surface area contributed by atoms with Crippen LogP contribution in [-0.2, 0) is 16.4 Å². The van der Waals surface area contributed by atoms with E-state index in [0.29, 0.717) is 17.2 Å². The first kappa shape index (κ1) is 18.5. The Morgan fingerprint density at radius 3 is 2.68 bits per heavy atom. The van der Waals surface area contributed by atoms with Crippen LogP contribution in [0.4, 0.5) is 5.88 Å². The summed E-state index contributed by atoms with van der Waals surface area (Å²) < 4.78 is 43.3. The lowest BCUT2D eigenvalue weighted by Crippen LogP contribution is -2.15. The number of ketones is 1. The second-order valence-electron chi connectivity index (χ2n) is 6.28. The Morgan fingerprint density at radius 2 is 1.96 bits per heavy atom. The maximum atomic E-state index is 12.9. The summed E-state index contributed by atoms with van der Waals surface area (Å²) in [7, 11) is -3.98. The Morgan fingerprint density at radius 1 is 1.21 bits per heavy atom. The molecule has 0 saturated carbocycles. The number of aromatic nitrogens is 1. The number of ether oxygens (including phenoxy) is 2. The quantitative estimate of drug-likeness (QED) is 0.610. The molecular formula is C18H16N2O6S2.